The SMILES string of the molecule is CN(C(=O)NCC(F)(F)F)c1cccc(F)c1. The zero-order valence-electron chi connectivity index (χ0n) is 8.88. The zero-order chi connectivity index (χ0) is 13.1. The number of carbonyl (C=O) groups excluding carboxylic acids is 1. The molecule has 2 amide bonds. The molecular weight excluding hydrogens is 240 g/mol. The fourth-order valence-electron chi connectivity index (χ4n) is 1.10. The summed E-state index contributed by atoms with van der Waals surface area (Å²) in [7, 11) is 1.25. The smallest absolute Gasteiger partial charge is 0.329 e. The number of anilines is 1. The van der Waals surface area contributed by atoms with Gasteiger partial charge < -0.3 is 5.32 Å². The molecule has 0 bridgehead atoms. The Hall–Kier alpha value is -1.79. The van der Waals surface area contributed by atoms with Gasteiger partial charge in [0.1, 0.15) is 12.4 Å². The Balaban J connectivity index is 2.64. The molecule has 7 heteroatoms. The lowest BCUT2D eigenvalue weighted by Gasteiger charge is -2.18. The van der Waals surface area contributed by atoms with Crippen molar-refractivity contribution < 1.29 is 22.4 Å². The molecule has 0 saturated heterocycles. The van der Waals surface area contributed by atoms with Crippen molar-refractivity contribution in [1.82, 2.24) is 5.32 Å². The fraction of sp³-hybridized carbons (Fsp3) is 0.300. The van der Waals surface area contributed by atoms with Gasteiger partial charge in [-0.2, -0.15) is 13.2 Å². The van der Waals surface area contributed by atoms with Gasteiger partial charge in [0, 0.05) is 12.7 Å². The third-order valence-corrected chi connectivity index (χ3v) is 1.94. The molecule has 0 radical (unpaired) electrons. The van der Waals surface area contributed by atoms with Crippen LogP contribution in [0.5, 0.6) is 0 Å². The number of urea groups is 1. The Kier molecular flexibility index (Phi) is 3.93. The number of rotatable bonds is 2. The van der Waals surface area contributed by atoms with E-state index in [1.54, 1.807) is 5.32 Å². The molecule has 0 spiro atoms. The van der Waals surface area contributed by atoms with Gasteiger partial charge in [-0.3, -0.25) is 4.90 Å². The first kappa shape index (κ1) is 13.3. The molecule has 0 unspecified atom stereocenters. The standard InChI is InChI=1S/C10H10F4N2O/c1-16(8-4-2-3-7(11)5-8)9(17)15-6-10(12,13)14/h2-5H,6H2,1H3,(H,15,17). The van der Waals surface area contributed by atoms with E-state index in [2.05, 4.69) is 0 Å². The summed E-state index contributed by atoms with van der Waals surface area (Å²) < 4.78 is 48.4. The number of alkyl halides is 3. The molecule has 0 heterocycles. The van der Waals surface area contributed by atoms with E-state index >= 15 is 0 Å². The first-order valence-corrected chi connectivity index (χ1v) is 4.63. The first-order chi connectivity index (χ1) is 7.79. The summed E-state index contributed by atoms with van der Waals surface area (Å²) in [5.41, 5.74) is 0.171. The predicted octanol–water partition coefficient (Wildman–Crippen LogP) is 2.53. The molecule has 0 aliphatic carbocycles. The molecule has 0 aliphatic rings. The van der Waals surface area contributed by atoms with E-state index in [4.69, 9.17) is 0 Å². The number of hydrogen-bond donors (Lipinski definition) is 1. The van der Waals surface area contributed by atoms with Crippen LogP contribution in [0.2, 0.25) is 0 Å². The Morgan fingerprint density at radius 3 is 2.59 bits per heavy atom. The van der Waals surface area contributed by atoms with Crippen LogP contribution in [0.25, 0.3) is 0 Å². The van der Waals surface area contributed by atoms with Crippen LogP contribution in [-0.4, -0.2) is 25.8 Å². The second-order valence-electron chi connectivity index (χ2n) is 3.31. The fourth-order valence-corrected chi connectivity index (χ4v) is 1.10. The van der Waals surface area contributed by atoms with Crippen LogP contribution in [-0.2, 0) is 0 Å². The van der Waals surface area contributed by atoms with Gasteiger partial charge in [0.25, 0.3) is 0 Å². The zero-order valence-corrected chi connectivity index (χ0v) is 8.88. The number of carbonyl (C=O) groups is 1. The summed E-state index contributed by atoms with van der Waals surface area (Å²) in [5.74, 6) is -0.571. The molecular formula is C10H10F4N2O. The highest BCUT2D eigenvalue weighted by Gasteiger charge is 2.28. The van der Waals surface area contributed by atoms with Gasteiger partial charge in [0.2, 0.25) is 0 Å². The van der Waals surface area contributed by atoms with Gasteiger partial charge in [-0.05, 0) is 18.2 Å². The molecule has 0 atom stereocenters. The minimum absolute atomic E-state index is 0.171. The number of hydrogen-bond acceptors (Lipinski definition) is 1. The lowest BCUT2D eigenvalue weighted by Crippen LogP contribution is -2.42. The Bertz CT molecular complexity index is 406. The summed E-state index contributed by atoms with van der Waals surface area (Å²) in [5, 5.41) is 1.68. The Morgan fingerprint density at radius 1 is 1.41 bits per heavy atom. The quantitative estimate of drug-likeness (QED) is 0.804. The van der Waals surface area contributed by atoms with Crippen LogP contribution in [0.15, 0.2) is 24.3 Å². The molecule has 1 aromatic rings. The van der Waals surface area contributed by atoms with Crippen LogP contribution < -0.4 is 10.2 Å². The van der Waals surface area contributed by atoms with Crippen molar-refractivity contribution in [1.29, 1.82) is 0 Å². The van der Waals surface area contributed by atoms with Crippen molar-refractivity contribution in [3.05, 3.63) is 30.1 Å². The maximum Gasteiger partial charge on any atom is 0.405 e. The minimum Gasteiger partial charge on any atom is -0.329 e. The van der Waals surface area contributed by atoms with Crippen LogP contribution in [0.4, 0.5) is 28.0 Å². The number of nitrogens with one attached hydrogen (secondary N) is 1. The van der Waals surface area contributed by atoms with E-state index in [9.17, 15) is 22.4 Å². The summed E-state index contributed by atoms with van der Waals surface area (Å²) in [4.78, 5) is 12.2. The highest BCUT2D eigenvalue weighted by molar-refractivity contribution is 5.91. The third kappa shape index (κ3) is 4.29. The second-order valence-corrected chi connectivity index (χ2v) is 3.31. The number of halogens is 4. The summed E-state index contributed by atoms with van der Waals surface area (Å²) in [6.45, 7) is -1.43. The van der Waals surface area contributed by atoms with E-state index in [0.717, 1.165) is 11.0 Å². The van der Waals surface area contributed by atoms with E-state index in [0.29, 0.717) is 0 Å². The number of amides is 2. The predicted molar refractivity (Wildman–Crippen MR) is 54.3 cm³/mol. The summed E-state index contributed by atoms with van der Waals surface area (Å²) >= 11 is 0. The van der Waals surface area contributed by atoms with Crippen LogP contribution in [0, 0.1) is 5.82 Å². The van der Waals surface area contributed by atoms with Gasteiger partial charge in [-0.25, -0.2) is 9.18 Å². The summed E-state index contributed by atoms with van der Waals surface area (Å²) in [6.07, 6.45) is -4.47. The van der Waals surface area contributed by atoms with E-state index in [1.807, 2.05) is 0 Å². The minimum atomic E-state index is -4.47. The molecule has 0 saturated carbocycles. The topological polar surface area (TPSA) is 32.3 Å². The van der Waals surface area contributed by atoms with Gasteiger partial charge >= 0.3 is 12.2 Å². The van der Waals surface area contributed by atoms with Gasteiger partial charge in [0.05, 0.1) is 0 Å². The van der Waals surface area contributed by atoms with E-state index in [1.165, 1.54) is 25.2 Å². The molecule has 3 nitrogen and oxygen atoms in total. The highest BCUT2D eigenvalue weighted by atomic mass is 19.4. The maximum atomic E-state index is 12.8. The van der Waals surface area contributed by atoms with Gasteiger partial charge in [0.15, 0.2) is 0 Å². The highest BCUT2D eigenvalue weighted by Crippen LogP contribution is 2.15. The molecule has 0 aromatic heterocycles. The van der Waals surface area contributed by atoms with Crippen LogP contribution in [0.3, 0.4) is 0 Å². The monoisotopic (exact) mass is 250 g/mol. The molecule has 17 heavy (non-hydrogen) atoms. The third-order valence-electron chi connectivity index (χ3n) is 1.94. The Labute approximate surface area is 95.0 Å². The molecule has 94 valence electrons. The van der Waals surface area contributed by atoms with E-state index < -0.39 is 24.6 Å². The molecule has 0 fully saturated rings. The van der Waals surface area contributed by atoms with Crippen molar-refractivity contribution in [3.8, 4) is 0 Å². The Morgan fingerprint density at radius 2 is 2.06 bits per heavy atom. The molecule has 0 aliphatic heterocycles. The summed E-state index contributed by atoms with van der Waals surface area (Å²) in [6, 6.07) is 4.04. The largest absolute Gasteiger partial charge is 0.405 e. The average Bonchev–Trinajstić information content (AvgIpc) is 2.24. The second kappa shape index (κ2) is 5.03. The van der Waals surface area contributed by atoms with Crippen molar-refractivity contribution >= 4 is 11.7 Å². The number of benzene rings is 1. The van der Waals surface area contributed by atoms with Crippen LogP contribution in [0.1, 0.15) is 0 Å². The van der Waals surface area contributed by atoms with Crippen molar-refractivity contribution in [2.45, 2.75) is 6.18 Å². The van der Waals surface area contributed by atoms with Crippen LogP contribution >= 0.6 is 0 Å². The average molecular weight is 250 g/mol. The van der Waals surface area contributed by atoms with Crippen molar-refractivity contribution in [3.63, 3.8) is 0 Å². The first-order valence-electron chi connectivity index (χ1n) is 4.63. The van der Waals surface area contributed by atoms with Crippen molar-refractivity contribution in [2.75, 3.05) is 18.5 Å². The lowest BCUT2D eigenvalue weighted by atomic mass is 10.3. The van der Waals surface area contributed by atoms with E-state index in [-0.39, 0.29) is 5.69 Å². The van der Waals surface area contributed by atoms with Gasteiger partial charge in [-0.1, -0.05) is 6.07 Å². The van der Waals surface area contributed by atoms with Gasteiger partial charge in [-0.15, -0.1) is 0 Å². The van der Waals surface area contributed by atoms with Crippen molar-refractivity contribution in [2.24, 2.45) is 0 Å². The molecule has 1 rings (SSSR count). The lowest BCUT2D eigenvalue weighted by molar-refractivity contribution is -0.122. The number of nitrogens with zero attached hydrogens (tertiary/aromatic N) is 1. The maximum absolute atomic E-state index is 12.8. The molecule has 1 aromatic carbocycles. The normalized spacial score (nSPS) is 11.1. The molecule has 1 N–H and O–H groups in total.